The van der Waals surface area contributed by atoms with Crippen LogP contribution in [0.25, 0.3) is 0 Å². The molecular formula is C22H44N4. The Balaban J connectivity index is 1.29. The second kappa shape index (κ2) is 10.4. The molecule has 0 amide bonds. The van der Waals surface area contributed by atoms with Gasteiger partial charge in [0.1, 0.15) is 0 Å². The lowest BCUT2D eigenvalue weighted by Gasteiger charge is -2.43. The summed E-state index contributed by atoms with van der Waals surface area (Å²) in [7, 11) is 0. The van der Waals surface area contributed by atoms with E-state index in [-0.39, 0.29) is 0 Å². The first-order chi connectivity index (χ1) is 12.7. The van der Waals surface area contributed by atoms with E-state index in [1.54, 1.807) is 0 Å². The molecule has 0 saturated carbocycles. The van der Waals surface area contributed by atoms with Crippen LogP contribution in [0, 0.1) is 5.92 Å². The minimum atomic E-state index is 0.734. The van der Waals surface area contributed by atoms with Gasteiger partial charge in [0.25, 0.3) is 0 Å². The molecule has 3 fully saturated rings. The van der Waals surface area contributed by atoms with Gasteiger partial charge in [-0.2, -0.15) is 0 Å². The Kier molecular flexibility index (Phi) is 8.23. The Morgan fingerprint density at radius 2 is 1.35 bits per heavy atom. The lowest BCUT2D eigenvalue weighted by molar-refractivity contribution is 0.0549. The molecule has 4 heteroatoms. The van der Waals surface area contributed by atoms with Crippen LogP contribution >= 0.6 is 0 Å². The molecule has 0 N–H and O–H groups in total. The summed E-state index contributed by atoms with van der Waals surface area (Å²) >= 11 is 0. The number of hydrogen-bond acceptors (Lipinski definition) is 4. The smallest absolute Gasteiger partial charge is 0.0121 e. The SMILES string of the molecule is CCCN1CCC(N2CCN(CCC3CCN(C(C)C)CC3)CC2)CC1. The van der Waals surface area contributed by atoms with Crippen molar-refractivity contribution in [2.45, 2.75) is 71.4 Å². The number of likely N-dealkylation sites (tertiary alicyclic amines) is 2. The van der Waals surface area contributed by atoms with Crippen LogP contribution in [0.5, 0.6) is 0 Å². The van der Waals surface area contributed by atoms with E-state index in [1.807, 2.05) is 0 Å². The van der Waals surface area contributed by atoms with E-state index >= 15 is 0 Å². The summed E-state index contributed by atoms with van der Waals surface area (Å²) in [6.45, 7) is 20.2. The van der Waals surface area contributed by atoms with E-state index in [2.05, 4.69) is 40.4 Å². The molecule has 0 aromatic carbocycles. The summed E-state index contributed by atoms with van der Waals surface area (Å²) in [5.41, 5.74) is 0. The van der Waals surface area contributed by atoms with Crippen LogP contribution in [-0.4, -0.2) is 97.1 Å². The van der Waals surface area contributed by atoms with E-state index < -0.39 is 0 Å². The van der Waals surface area contributed by atoms with Crippen LogP contribution in [0.4, 0.5) is 0 Å². The van der Waals surface area contributed by atoms with Gasteiger partial charge >= 0.3 is 0 Å². The summed E-state index contributed by atoms with van der Waals surface area (Å²) in [6.07, 6.45) is 8.38. The largest absolute Gasteiger partial charge is 0.303 e. The van der Waals surface area contributed by atoms with Crippen LogP contribution in [0.2, 0.25) is 0 Å². The molecule has 0 aromatic rings. The highest BCUT2D eigenvalue weighted by atomic mass is 15.3. The van der Waals surface area contributed by atoms with Crippen molar-refractivity contribution in [1.82, 2.24) is 19.6 Å². The maximum atomic E-state index is 2.81. The van der Waals surface area contributed by atoms with Crippen molar-refractivity contribution in [3.8, 4) is 0 Å². The third-order valence-electron chi connectivity index (χ3n) is 7.25. The third kappa shape index (κ3) is 5.92. The molecule has 0 radical (unpaired) electrons. The van der Waals surface area contributed by atoms with Gasteiger partial charge in [-0.15, -0.1) is 0 Å². The first-order valence-electron chi connectivity index (χ1n) is 11.6. The molecule has 0 spiro atoms. The Morgan fingerprint density at radius 1 is 0.731 bits per heavy atom. The molecule has 0 unspecified atom stereocenters. The van der Waals surface area contributed by atoms with Gasteiger partial charge in [0.2, 0.25) is 0 Å². The lowest BCUT2D eigenvalue weighted by Crippen LogP contribution is -2.53. The molecule has 0 aliphatic carbocycles. The van der Waals surface area contributed by atoms with Crippen LogP contribution in [0.15, 0.2) is 0 Å². The van der Waals surface area contributed by atoms with Crippen LogP contribution in [-0.2, 0) is 0 Å². The molecule has 3 rings (SSSR count). The van der Waals surface area contributed by atoms with E-state index in [0.29, 0.717) is 0 Å². The average molecular weight is 365 g/mol. The fourth-order valence-electron chi connectivity index (χ4n) is 5.30. The molecule has 0 atom stereocenters. The van der Waals surface area contributed by atoms with E-state index in [1.165, 1.54) is 104 Å². The van der Waals surface area contributed by atoms with Gasteiger partial charge in [-0.25, -0.2) is 0 Å². The topological polar surface area (TPSA) is 13.0 Å². The second-order valence-electron chi connectivity index (χ2n) is 9.31. The normalized spacial score (nSPS) is 26.8. The van der Waals surface area contributed by atoms with E-state index in [4.69, 9.17) is 0 Å². The predicted molar refractivity (Wildman–Crippen MR) is 112 cm³/mol. The van der Waals surface area contributed by atoms with Crippen molar-refractivity contribution < 1.29 is 0 Å². The van der Waals surface area contributed by atoms with Crippen molar-refractivity contribution >= 4 is 0 Å². The maximum absolute atomic E-state index is 2.81. The zero-order chi connectivity index (χ0) is 18.4. The summed E-state index contributed by atoms with van der Waals surface area (Å²) in [6, 6.07) is 1.60. The Labute approximate surface area is 162 Å². The van der Waals surface area contributed by atoms with Gasteiger partial charge in [-0.1, -0.05) is 6.92 Å². The number of hydrogen-bond donors (Lipinski definition) is 0. The molecule has 0 aromatic heterocycles. The molecule has 3 aliphatic heterocycles. The second-order valence-corrected chi connectivity index (χ2v) is 9.31. The van der Waals surface area contributed by atoms with Crippen molar-refractivity contribution in [3.63, 3.8) is 0 Å². The number of rotatable bonds is 7. The number of nitrogens with zero attached hydrogens (tertiary/aromatic N) is 4. The molecule has 3 aliphatic rings. The van der Waals surface area contributed by atoms with E-state index in [0.717, 1.165) is 18.0 Å². The summed E-state index contributed by atoms with van der Waals surface area (Å²) in [5.74, 6) is 0.978. The quantitative estimate of drug-likeness (QED) is 0.688. The molecule has 152 valence electrons. The number of piperidine rings is 2. The first kappa shape index (κ1) is 20.6. The van der Waals surface area contributed by atoms with Gasteiger partial charge in [-0.3, -0.25) is 4.90 Å². The van der Waals surface area contributed by atoms with Gasteiger partial charge in [0, 0.05) is 38.3 Å². The van der Waals surface area contributed by atoms with Crippen LogP contribution in [0.3, 0.4) is 0 Å². The van der Waals surface area contributed by atoms with Crippen molar-refractivity contribution in [2.24, 2.45) is 5.92 Å². The Hall–Kier alpha value is -0.160. The first-order valence-corrected chi connectivity index (χ1v) is 11.6. The van der Waals surface area contributed by atoms with Crippen LogP contribution in [0.1, 0.15) is 59.3 Å². The van der Waals surface area contributed by atoms with Gasteiger partial charge in [-0.05, 0) is 97.6 Å². The van der Waals surface area contributed by atoms with Gasteiger partial charge < -0.3 is 14.7 Å². The molecule has 0 bridgehead atoms. The van der Waals surface area contributed by atoms with Crippen molar-refractivity contribution in [1.29, 1.82) is 0 Å². The third-order valence-corrected chi connectivity index (χ3v) is 7.25. The van der Waals surface area contributed by atoms with Gasteiger partial charge in [0.05, 0.1) is 0 Å². The summed E-state index contributed by atoms with van der Waals surface area (Å²) in [5, 5.41) is 0. The lowest BCUT2D eigenvalue weighted by atomic mass is 9.92. The average Bonchev–Trinajstić information content (AvgIpc) is 2.68. The Morgan fingerprint density at radius 3 is 1.92 bits per heavy atom. The van der Waals surface area contributed by atoms with Gasteiger partial charge in [0.15, 0.2) is 0 Å². The molecular weight excluding hydrogens is 320 g/mol. The fraction of sp³-hybridized carbons (Fsp3) is 1.00. The molecule has 3 heterocycles. The molecule has 4 nitrogen and oxygen atoms in total. The minimum absolute atomic E-state index is 0.734. The fourth-order valence-corrected chi connectivity index (χ4v) is 5.30. The standard InChI is InChI=1S/C22H44N4/c1-4-10-23-12-8-22(9-13-23)26-18-16-24(17-19-26)11-5-21-6-14-25(15-7-21)20(2)3/h20-22H,4-19H2,1-3H3. The molecule has 3 saturated heterocycles. The predicted octanol–water partition coefficient (Wildman–Crippen LogP) is 2.99. The monoisotopic (exact) mass is 364 g/mol. The van der Waals surface area contributed by atoms with E-state index in [9.17, 15) is 0 Å². The van der Waals surface area contributed by atoms with Crippen molar-refractivity contribution in [3.05, 3.63) is 0 Å². The highest BCUT2D eigenvalue weighted by Crippen LogP contribution is 2.23. The van der Waals surface area contributed by atoms with Crippen molar-refractivity contribution in [2.75, 3.05) is 65.4 Å². The minimum Gasteiger partial charge on any atom is -0.303 e. The number of piperazine rings is 1. The zero-order valence-electron chi connectivity index (χ0n) is 17.8. The highest BCUT2D eigenvalue weighted by Gasteiger charge is 2.27. The summed E-state index contributed by atoms with van der Waals surface area (Å²) in [4.78, 5) is 10.9. The Bertz CT molecular complexity index is 376. The molecule has 26 heavy (non-hydrogen) atoms. The zero-order valence-corrected chi connectivity index (χ0v) is 17.8. The highest BCUT2D eigenvalue weighted by molar-refractivity contribution is 4.84. The van der Waals surface area contributed by atoms with Crippen LogP contribution < -0.4 is 0 Å². The maximum Gasteiger partial charge on any atom is 0.0121 e. The summed E-state index contributed by atoms with van der Waals surface area (Å²) < 4.78 is 0.